The standard InChI is InChI=1S/C14H23N/c1-11(2)10-12(3)13-8-6-7-9-14(13)15(4)5/h6-9,11,14H,10H2,1-5H3. The molecule has 0 saturated carbocycles. The average molecular weight is 205 g/mol. The molecule has 0 heterocycles. The molecule has 0 bridgehead atoms. The number of hydrogen-bond acceptors (Lipinski definition) is 1. The van der Waals surface area contributed by atoms with Gasteiger partial charge in [-0.3, -0.25) is 4.90 Å². The molecule has 1 aliphatic carbocycles. The van der Waals surface area contributed by atoms with E-state index in [-0.39, 0.29) is 0 Å². The van der Waals surface area contributed by atoms with Gasteiger partial charge >= 0.3 is 0 Å². The molecular weight excluding hydrogens is 182 g/mol. The molecule has 0 aliphatic heterocycles. The summed E-state index contributed by atoms with van der Waals surface area (Å²) in [6.07, 6.45) is 9.98. The summed E-state index contributed by atoms with van der Waals surface area (Å²) >= 11 is 0. The van der Waals surface area contributed by atoms with Crippen LogP contribution in [0.25, 0.3) is 0 Å². The van der Waals surface area contributed by atoms with E-state index in [0.29, 0.717) is 6.04 Å². The Labute approximate surface area is 94.2 Å². The molecule has 1 atom stereocenters. The number of allylic oxidation sites excluding steroid dienone is 3. The molecule has 15 heavy (non-hydrogen) atoms. The van der Waals surface area contributed by atoms with Gasteiger partial charge in [-0.2, -0.15) is 0 Å². The largest absolute Gasteiger partial charge is 0.299 e. The van der Waals surface area contributed by atoms with Crippen molar-refractivity contribution < 1.29 is 0 Å². The number of hydrogen-bond donors (Lipinski definition) is 0. The van der Waals surface area contributed by atoms with Gasteiger partial charge in [-0.1, -0.05) is 43.7 Å². The lowest BCUT2D eigenvalue weighted by Gasteiger charge is -2.26. The van der Waals surface area contributed by atoms with Gasteiger partial charge in [-0.15, -0.1) is 0 Å². The van der Waals surface area contributed by atoms with Crippen LogP contribution in [0.5, 0.6) is 0 Å². The van der Waals surface area contributed by atoms with Crippen LogP contribution in [-0.2, 0) is 0 Å². The van der Waals surface area contributed by atoms with E-state index < -0.39 is 0 Å². The zero-order valence-electron chi connectivity index (χ0n) is 10.6. The van der Waals surface area contributed by atoms with E-state index >= 15 is 0 Å². The van der Waals surface area contributed by atoms with Gasteiger partial charge < -0.3 is 0 Å². The Balaban J connectivity index is 2.90. The van der Waals surface area contributed by atoms with Crippen molar-refractivity contribution in [1.29, 1.82) is 0 Å². The number of rotatable bonds is 3. The van der Waals surface area contributed by atoms with Gasteiger partial charge in [0, 0.05) is 0 Å². The second-order valence-corrected chi connectivity index (χ2v) is 4.99. The lowest BCUT2D eigenvalue weighted by atomic mass is 9.92. The van der Waals surface area contributed by atoms with E-state index in [0.717, 1.165) is 5.92 Å². The van der Waals surface area contributed by atoms with Gasteiger partial charge in [-0.25, -0.2) is 0 Å². The summed E-state index contributed by atoms with van der Waals surface area (Å²) < 4.78 is 0. The molecule has 0 aromatic heterocycles. The van der Waals surface area contributed by atoms with Crippen molar-refractivity contribution in [2.45, 2.75) is 33.2 Å². The van der Waals surface area contributed by atoms with Gasteiger partial charge in [0.1, 0.15) is 0 Å². The Morgan fingerprint density at radius 1 is 1.33 bits per heavy atom. The Bertz CT molecular complexity index is 292. The SMILES string of the molecule is CC(CC(C)C)=C1C=CC=CC1N(C)C. The zero-order chi connectivity index (χ0) is 11.4. The maximum absolute atomic E-state index is 2.27. The minimum atomic E-state index is 0.453. The number of nitrogens with zero attached hydrogens (tertiary/aromatic N) is 1. The van der Waals surface area contributed by atoms with Gasteiger partial charge in [0.05, 0.1) is 6.04 Å². The lowest BCUT2D eigenvalue weighted by Crippen LogP contribution is -2.29. The summed E-state index contributed by atoms with van der Waals surface area (Å²) in [5.41, 5.74) is 2.99. The molecule has 0 saturated heterocycles. The molecular formula is C14H23N. The summed E-state index contributed by atoms with van der Waals surface area (Å²) in [5.74, 6) is 0.736. The summed E-state index contributed by atoms with van der Waals surface area (Å²) in [7, 11) is 4.27. The molecule has 1 rings (SSSR count). The van der Waals surface area contributed by atoms with E-state index in [9.17, 15) is 0 Å². The summed E-state index contributed by atoms with van der Waals surface area (Å²) in [5, 5.41) is 0. The molecule has 0 fully saturated rings. The maximum atomic E-state index is 2.27. The topological polar surface area (TPSA) is 3.24 Å². The molecule has 0 radical (unpaired) electrons. The quantitative estimate of drug-likeness (QED) is 0.682. The summed E-state index contributed by atoms with van der Waals surface area (Å²) in [4.78, 5) is 2.26. The van der Waals surface area contributed by atoms with E-state index in [1.165, 1.54) is 17.6 Å². The second kappa shape index (κ2) is 5.32. The Morgan fingerprint density at radius 3 is 2.53 bits per heavy atom. The molecule has 84 valence electrons. The van der Waals surface area contributed by atoms with Crippen LogP contribution in [0, 0.1) is 5.92 Å². The number of likely N-dealkylation sites (N-methyl/N-ethyl adjacent to an activating group) is 1. The highest BCUT2D eigenvalue weighted by Gasteiger charge is 2.16. The predicted octanol–water partition coefficient (Wildman–Crippen LogP) is 3.41. The predicted molar refractivity (Wildman–Crippen MR) is 67.9 cm³/mol. The third-order valence-corrected chi connectivity index (χ3v) is 2.76. The highest BCUT2D eigenvalue weighted by Crippen LogP contribution is 2.23. The van der Waals surface area contributed by atoms with E-state index in [2.05, 4.69) is 64.1 Å². The van der Waals surface area contributed by atoms with Crippen molar-refractivity contribution in [3.05, 3.63) is 35.5 Å². The first-order chi connectivity index (χ1) is 7.02. The van der Waals surface area contributed by atoms with Gasteiger partial charge in [0.25, 0.3) is 0 Å². The zero-order valence-corrected chi connectivity index (χ0v) is 10.6. The van der Waals surface area contributed by atoms with Crippen molar-refractivity contribution in [2.75, 3.05) is 14.1 Å². The fourth-order valence-electron chi connectivity index (χ4n) is 2.11. The van der Waals surface area contributed by atoms with Crippen LogP contribution in [0.2, 0.25) is 0 Å². The third kappa shape index (κ3) is 3.35. The third-order valence-electron chi connectivity index (χ3n) is 2.76. The molecule has 1 aliphatic rings. The summed E-state index contributed by atoms with van der Waals surface area (Å²) in [6, 6.07) is 0.453. The van der Waals surface area contributed by atoms with Crippen LogP contribution < -0.4 is 0 Å². The molecule has 1 nitrogen and oxygen atoms in total. The van der Waals surface area contributed by atoms with E-state index in [1.54, 1.807) is 0 Å². The fourth-order valence-corrected chi connectivity index (χ4v) is 2.11. The Hall–Kier alpha value is -0.820. The van der Waals surface area contributed by atoms with Crippen LogP contribution in [0.4, 0.5) is 0 Å². The first-order valence-corrected chi connectivity index (χ1v) is 5.73. The first-order valence-electron chi connectivity index (χ1n) is 5.73. The fraction of sp³-hybridized carbons (Fsp3) is 0.571. The van der Waals surface area contributed by atoms with E-state index in [4.69, 9.17) is 0 Å². The van der Waals surface area contributed by atoms with Gasteiger partial charge in [0.15, 0.2) is 0 Å². The normalized spacial score (nSPS) is 24.1. The van der Waals surface area contributed by atoms with Crippen LogP contribution in [0.3, 0.4) is 0 Å². The van der Waals surface area contributed by atoms with Gasteiger partial charge in [-0.05, 0) is 38.9 Å². The van der Waals surface area contributed by atoms with Crippen LogP contribution in [0.15, 0.2) is 35.5 Å². The highest BCUT2D eigenvalue weighted by molar-refractivity contribution is 5.39. The molecule has 1 unspecified atom stereocenters. The molecule has 0 amide bonds. The van der Waals surface area contributed by atoms with Crippen molar-refractivity contribution in [3.63, 3.8) is 0 Å². The molecule has 1 heteroatoms. The van der Waals surface area contributed by atoms with Crippen molar-refractivity contribution in [3.8, 4) is 0 Å². The van der Waals surface area contributed by atoms with Crippen LogP contribution >= 0.6 is 0 Å². The molecule has 0 aromatic rings. The maximum Gasteiger partial charge on any atom is 0.0528 e. The smallest absolute Gasteiger partial charge is 0.0528 e. The lowest BCUT2D eigenvalue weighted by molar-refractivity contribution is 0.379. The molecule has 0 spiro atoms. The summed E-state index contributed by atoms with van der Waals surface area (Å²) in [6.45, 7) is 6.81. The minimum Gasteiger partial charge on any atom is -0.299 e. The van der Waals surface area contributed by atoms with E-state index in [1.807, 2.05) is 0 Å². The van der Waals surface area contributed by atoms with Gasteiger partial charge in [0.2, 0.25) is 0 Å². The van der Waals surface area contributed by atoms with Crippen molar-refractivity contribution in [1.82, 2.24) is 4.90 Å². The average Bonchev–Trinajstić information content (AvgIpc) is 2.16. The van der Waals surface area contributed by atoms with Crippen molar-refractivity contribution >= 4 is 0 Å². The van der Waals surface area contributed by atoms with Crippen molar-refractivity contribution in [2.24, 2.45) is 5.92 Å². The highest BCUT2D eigenvalue weighted by atomic mass is 15.1. The Morgan fingerprint density at radius 2 is 2.00 bits per heavy atom. The molecule has 0 N–H and O–H groups in total. The Kier molecular flexibility index (Phi) is 4.34. The first kappa shape index (κ1) is 12.3. The van der Waals surface area contributed by atoms with Crippen LogP contribution in [0.1, 0.15) is 27.2 Å². The molecule has 0 aromatic carbocycles. The van der Waals surface area contributed by atoms with Crippen LogP contribution in [-0.4, -0.2) is 25.0 Å². The second-order valence-electron chi connectivity index (χ2n) is 4.99. The minimum absolute atomic E-state index is 0.453. The monoisotopic (exact) mass is 205 g/mol.